The van der Waals surface area contributed by atoms with Gasteiger partial charge in [0.1, 0.15) is 0 Å². The van der Waals surface area contributed by atoms with Crippen LogP contribution in [0.3, 0.4) is 0 Å². The van der Waals surface area contributed by atoms with Crippen LogP contribution < -0.4 is 5.32 Å². The minimum absolute atomic E-state index is 0.294. The van der Waals surface area contributed by atoms with Gasteiger partial charge in [-0.2, -0.15) is 0 Å². The summed E-state index contributed by atoms with van der Waals surface area (Å²) in [5.41, 5.74) is 0.983. The van der Waals surface area contributed by atoms with Crippen LogP contribution in [0.25, 0.3) is 0 Å². The zero-order chi connectivity index (χ0) is 12.3. The van der Waals surface area contributed by atoms with E-state index in [1.54, 1.807) is 42.5 Å². The Balaban J connectivity index is 2.17. The van der Waals surface area contributed by atoms with E-state index in [9.17, 15) is 4.79 Å². The van der Waals surface area contributed by atoms with Gasteiger partial charge in [-0.1, -0.05) is 35.3 Å². The molecule has 0 aromatic heterocycles. The fraction of sp³-hybridized carbons (Fsp3) is 0. The number of anilines is 1. The number of halogens is 2. The molecule has 0 aliphatic carbocycles. The van der Waals surface area contributed by atoms with Gasteiger partial charge in [0, 0.05) is 10.7 Å². The lowest BCUT2D eigenvalue weighted by Crippen LogP contribution is -2.12. The largest absolute Gasteiger partial charge is 0.322 e. The molecule has 1 amide bonds. The van der Waals surface area contributed by atoms with Crippen molar-refractivity contribution in [1.29, 1.82) is 0 Å². The Kier molecular flexibility index (Phi) is 3.67. The fourth-order valence-corrected chi connectivity index (χ4v) is 1.66. The molecule has 2 rings (SSSR count). The second-order valence-corrected chi connectivity index (χ2v) is 4.20. The Morgan fingerprint density at radius 3 is 2.47 bits per heavy atom. The van der Waals surface area contributed by atoms with Crippen LogP contribution in [0.4, 0.5) is 5.69 Å². The van der Waals surface area contributed by atoms with Crippen molar-refractivity contribution in [3.63, 3.8) is 0 Å². The second-order valence-electron chi connectivity index (χ2n) is 3.35. The average molecular weight is 265 g/mol. The van der Waals surface area contributed by atoms with Gasteiger partial charge >= 0.3 is 0 Å². The van der Waals surface area contributed by atoms with Gasteiger partial charge in [0.15, 0.2) is 0 Å². The monoisotopic (exact) mass is 264 g/mol. The summed E-state index contributed by atoms with van der Waals surface area (Å²) in [6.07, 6.45) is 0. The summed E-state index contributed by atoms with van der Waals surface area (Å²) >= 11 is 11.6. The van der Waals surface area contributed by atoms with Crippen LogP contribution in [-0.4, -0.2) is 5.91 Å². The number of rotatable bonds is 2. The molecule has 17 heavy (non-hydrogen) atoms. The quantitative estimate of drug-likeness (QED) is 0.872. The van der Waals surface area contributed by atoms with E-state index >= 15 is 0 Å². The molecule has 1 N–H and O–H groups in total. The summed E-state index contributed by atoms with van der Waals surface area (Å²) in [7, 11) is 0. The summed E-state index contributed by atoms with van der Waals surface area (Å²) in [4.78, 5) is 11.9. The standard InChI is InChI=1S/C13H8Cl2NO/c14-9-5-7-10(8-6-9)16-13(17)11-3-1-2-4-12(11)15/h1-2,4-8H,(H,16,17). The van der Waals surface area contributed by atoms with E-state index in [2.05, 4.69) is 11.4 Å². The first-order valence-corrected chi connectivity index (χ1v) is 5.65. The van der Waals surface area contributed by atoms with Crippen molar-refractivity contribution in [2.24, 2.45) is 0 Å². The Bertz CT molecular complexity index is 537. The third-order valence-electron chi connectivity index (χ3n) is 2.13. The van der Waals surface area contributed by atoms with Crippen molar-refractivity contribution in [3.8, 4) is 0 Å². The van der Waals surface area contributed by atoms with Crippen LogP contribution in [0.1, 0.15) is 10.4 Å². The van der Waals surface area contributed by atoms with Gasteiger partial charge in [-0.3, -0.25) is 4.79 Å². The molecule has 0 heterocycles. The first-order chi connectivity index (χ1) is 8.16. The van der Waals surface area contributed by atoms with Crippen LogP contribution in [0.5, 0.6) is 0 Å². The molecule has 0 spiro atoms. The van der Waals surface area contributed by atoms with Crippen molar-refractivity contribution < 1.29 is 4.79 Å². The van der Waals surface area contributed by atoms with Gasteiger partial charge < -0.3 is 5.32 Å². The first kappa shape index (κ1) is 12.0. The number of carbonyl (C=O) groups excluding carboxylic acids is 1. The van der Waals surface area contributed by atoms with Gasteiger partial charge in [-0.15, -0.1) is 0 Å². The Hall–Kier alpha value is -1.51. The molecule has 0 aliphatic rings. The number of amides is 1. The highest BCUT2D eigenvalue weighted by Crippen LogP contribution is 2.18. The zero-order valence-corrected chi connectivity index (χ0v) is 10.2. The Morgan fingerprint density at radius 1 is 1.12 bits per heavy atom. The third kappa shape index (κ3) is 2.99. The molecule has 0 bridgehead atoms. The molecule has 2 nitrogen and oxygen atoms in total. The van der Waals surface area contributed by atoms with Gasteiger partial charge in [-0.05, 0) is 36.4 Å². The molecular formula is C13H8Cl2NO. The van der Waals surface area contributed by atoms with Crippen molar-refractivity contribution in [2.45, 2.75) is 0 Å². The minimum Gasteiger partial charge on any atom is -0.322 e. The van der Waals surface area contributed by atoms with Crippen LogP contribution in [-0.2, 0) is 0 Å². The molecule has 2 aromatic rings. The van der Waals surface area contributed by atoms with E-state index in [0.717, 1.165) is 0 Å². The summed E-state index contributed by atoms with van der Waals surface area (Å²) in [6, 6.07) is 14.7. The SMILES string of the molecule is O=C(Nc1ccc(Cl)cc1)c1[c]cccc1Cl. The van der Waals surface area contributed by atoms with E-state index in [1.807, 2.05) is 0 Å². The molecule has 0 saturated carbocycles. The summed E-state index contributed by atoms with van der Waals surface area (Å²) in [6.45, 7) is 0. The first-order valence-electron chi connectivity index (χ1n) is 4.90. The van der Waals surface area contributed by atoms with Crippen molar-refractivity contribution in [3.05, 3.63) is 64.1 Å². The van der Waals surface area contributed by atoms with Crippen molar-refractivity contribution >= 4 is 34.8 Å². The number of benzene rings is 2. The minimum atomic E-state index is -0.294. The molecule has 0 fully saturated rings. The van der Waals surface area contributed by atoms with Crippen LogP contribution in [0, 0.1) is 6.07 Å². The molecule has 0 saturated heterocycles. The molecule has 85 valence electrons. The van der Waals surface area contributed by atoms with Gasteiger partial charge in [0.05, 0.1) is 10.6 Å². The zero-order valence-electron chi connectivity index (χ0n) is 8.71. The number of hydrogen-bond donors (Lipinski definition) is 1. The number of nitrogens with one attached hydrogen (secondary N) is 1. The summed E-state index contributed by atoms with van der Waals surface area (Å²) in [5.74, 6) is -0.294. The maximum atomic E-state index is 11.9. The molecule has 0 unspecified atom stereocenters. The van der Waals surface area contributed by atoms with Crippen LogP contribution >= 0.6 is 23.2 Å². The summed E-state index contributed by atoms with van der Waals surface area (Å²) in [5, 5.41) is 3.70. The lowest BCUT2D eigenvalue weighted by Gasteiger charge is -2.06. The van der Waals surface area contributed by atoms with E-state index < -0.39 is 0 Å². The van der Waals surface area contributed by atoms with E-state index in [0.29, 0.717) is 21.3 Å². The van der Waals surface area contributed by atoms with E-state index in [4.69, 9.17) is 23.2 Å². The lowest BCUT2D eigenvalue weighted by molar-refractivity contribution is 0.102. The van der Waals surface area contributed by atoms with Gasteiger partial charge in [0.2, 0.25) is 0 Å². The lowest BCUT2D eigenvalue weighted by atomic mass is 10.2. The highest BCUT2D eigenvalue weighted by atomic mass is 35.5. The normalized spacial score (nSPS) is 10.0. The highest BCUT2D eigenvalue weighted by molar-refractivity contribution is 6.34. The number of hydrogen-bond acceptors (Lipinski definition) is 1. The maximum absolute atomic E-state index is 11.9. The fourth-order valence-electron chi connectivity index (χ4n) is 1.32. The molecule has 1 radical (unpaired) electrons. The number of carbonyl (C=O) groups is 1. The average Bonchev–Trinajstić information content (AvgIpc) is 2.32. The third-order valence-corrected chi connectivity index (χ3v) is 2.70. The second kappa shape index (κ2) is 5.21. The molecular weight excluding hydrogens is 257 g/mol. The van der Waals surface area contributed by atoms with Crippen molar-refractivity contribution in [2.75, 3.05) is 5.32 Å². The maximum Gasteiger partial charge on any atom is 0.257 e. The topological polar surface area (TPSA) is 29.1 Å². The smallest absolute Gasteiger partial charge is 0.257 e. The highest BCUT2D eigenvalue weighted by Gasteiger charge is 2.09. The van der Waals surface area contributed by atoms with E-state index in [1.165, 1.54) is 0 Å². The van der Waals surface area contributed by atoms with Crippen LogP contribution in [0.2, 0.25) is 10.0 Å². The predicted molar refractivity (Wildman–Crippen MR) is 69.7 cm³/mol. The van der Waals surface area contributed by atoms with Gasteiger partial charge in [0.25, 0.3) is 5.91 Å². The predicted octanol–water partition coefficient (Wildman–Crippen LogP) is 4.05. The molecule has 0 atom stereocenters. The van der Waals surface area contributed by atoms with E-state index in [-0.39, 0.29) is 5.91 Å². The van der Waals surface area contributed by atoms with Crippen LogP contribution in [0.15, 0.2) is 42.5 Å². The molecule has 0 aliphatic heterocycles. The summed E-state index contributed by atoms with van der Waals surface area (Å²) < 4.78 is 0. The van der Waals surface area contributed by atoms with Gasteiger partial charge in [-0.25, -0.2) is 0 Å². The Labute approximate surface area is 109 Å². The Morgan fingerprint density at radius 2 is 1.82 bits per heavy atom. The van der Waals surface area contributed by atoms with Crippen molar-refractivity contribution in [1.82, 2.24) is 0 Å². The molecule has 2 aromatic carbocycles. The molecule has 4 heteroatoms.